The third-order valence-electron chi connectivity index (χ3n) is 5.50. The van der Waals surface area contributed by atoms with Crippen LogP contribution in [0.2, 0.25) is 0 Å². The highest BCUT2D eigenvalue weighted by Crippen LogP contribution is 2.49. The SMILES string of the molecule is NC1CCC(CNC(=O)CC2CC3CCC2C3)C1. The van der Waals surface area contributed by atoms with E-state index in [0.29, 0.717) is 17.9 Å². The smallest absolute Gasteiger partial charge is 0.220 e. The Labute approximate surface area is 110 Å². The van der Waals surface area contributed by atoms with Gasteiger partial charge in [-0.1, -0.05) is 6.42 Å². The fraction of sp³-hybridized carbons (Fsp3) is 0.933. The first-order chi connectivity index (χ1) is 8.70. The number of hydrogen-bond acceptors (Lipinski definition) is 2. The van der Waals surface area contributed by atoms with Gasteiger partial charge in [0.15, 0.2) is 0 Å². The monoisotopic (exact) mass is 250 g/mol. The highest BCUT2D eigenvalue weighted by atomic mass is 16.1. The van der Waals surface area contributed by atoms with E-state index in [9.17, 15) is 4.79 Å². The number of carbonyl (C=O) groups excluding carboxylic acids is 1. The van der Waals surface area contributed by atoms with Gasteiger partial charge in [-0.05, 0) is 62.2 Å². The summed E-state index contributed by atoms with van der Waals surface area (Å²) in [7, 11) is 0. The molecule has 0 spiro atoms. The highest BCUT2D eigenvalue weighted by Gasteiger charge is 2.40. The predicted molar refractivity (Wildman–Crippen MR) is 71.9 cm³/mol. The molecule has 3 aliphatic rings. The van der Waals surface area contributed by atoms with Crippen molar-refractivity contribution in [1.82, 2.24) is 5.32 Å². The number of amides is 1. The lowest BCUT2D eigenvalue weighted by Crippen LogP contribution is -2.31. The van der Waals surface area contributed by atoms with Crippen molar-refractivity contribution in [2.45, 2.75) is 57.4 Å². The van der Waals surface area contributed by atoms with Crippen molar-refractivity contribution < 1.29 is 4.79 Å². The minimum absolute atomic E-state index is 0.285. The number of hydrogen-bond donors (Lipinski definition) is 2. The Morgan fingerprint density at radius 3 is 2.61 bits per heavy atom. The van der Waals surface area contributed by atoms with E-state index in [1.54, 1.807) is 0 Å². The van der Waals surface area contributed by atoms with Gasteiger partial charge < -0.3 is 11.1 Å². The standard InChI is InChI=1S/C15H26N2O/c16-14-4-2-11(7-14)9-17-15(18)8-13-6-10-1-3-12(13)5-10/h10-14H,1-9,16H2,(H,17,18). The van der Waals surface area contributed by atoms with Gasteiger partial charge in [0.1, 0.15) is 0 Å². The number of nitrogens with one attached hydrogen (secondary N) is 1. The summed E-state index contributed by atoms with van der Waals surface area (Å²) in [6, 6.07) is 0.373. The third kappa shape index (κ3) is 2.71. The molecule has 0 aromatic rings. The molecule has 0 aromatic heterocycles. The molecule has 0 saturated heterocycles. The summed E-state index contributed by atoms with van der Waals surface area (Å²) in [4.78, 5) is 12.0. The molecule has 3 saturated carbocycles. The third-order valence-corrected chi connectivity index (χ3v) is 5.50. The Morgan fingerprint density at radius 2 is 2.00 bits per heavy atom. The molecule has 3 fully saturated rings. The van der Waals surface area contributed by atoms with Crippen LogP contribution < -0.4 is 11.1 Å². The largest absolute Gasteiger partial charge is 0.356 e. The van der Waals surface area contributed by atoms with Crippen LogP contribution in [0.5, 0.6) is 0 Å². The molecule has 3 rings (SSSR count). The number of fused-ring (bicyclic) bond motifs is 2. The van der Waals surface area contributed by atoms with Crippen molar-refractivity contribution >= 4 is 5.91 Å². The van der Waals surface area contributed by atoms with Crippen molar-refractivity contribution in [3.05, 3.63) is 0 Å². The van der Waals surface area contributed by atoms with Crippen molar-refractivity contribution in [3.8, 4) is 0 Å². The lowest BCUT2D eigenvalue weighted by atomic mass is 9.86. The molecule has 3 heteroatoms. The Morgan fingerprint density at radius 1 is 1.11 bits per heavy atom. The van der Waals surface area contributed by atoms with Crippen molar-refractivity contribution in [3.63, 3.8) is 0 Å². The molecule has 0 aromatic carbocycles. The Bertz CT molecular complexity index is 318. The van der Waals surface area contributed by atoms with Crippen LogP contribution in [0.4, 0.5) is 0 Å². The van der Waals surface area contributed by atoms with Gasteiger partial charge >= 0.3 is 0 Å². The zero-order valence-corrected chi connectivity index (χ0v) is 11.2. The highest BCUT2D eigenvalue weighted by molar-refractivity contribution is 5.76. The van der Waals surface area contributed by atoms with Crippen LogP contribution in [-0.4, -0.2) is 18.5 Å². The molecule has 102 valence electrons. The maximum Gasteiger partial charge on any atom is 0.220 e. The zero-order valence-electron chi connectivity index (χ0n) is 11.2. The Balaban J connectivity index is 1.37. The van der Waals surface area contributed by atoms with E-state index < -0.39 is 0 Å². The fourth-order valence-corrected chi connectivity index (χ4v) is 4.49. The molecule has 18 heavy (non-hydrogen) atoms. The molecular formula is C15H26N2O. The van der Waals surface area contributed by atoms with Gasteiger partial charge in [0.05, 0.1) is 0 Å². The minimum atomic E-state index is 0.285. The minimum Gasteiger partial charge on any atom is -0.356 e. The van der Waals surface area contributed by atoms with Gasteiger partial charge in [0.2, 0.25) is 5.91 Å². The van der Waals surface area contributed by atoms with Crippen LogP contribution in [0.15, 0.2) is 0 Å². The summed E-state index contributed by atoms with van der Waals surface area (Å²) in [5, 5.41) is 3.14. The van der Waals surface area contributed by atoms with Gasteiger partial charge in [-0.3, -0.25) is 4.79 Å². The molecule has 2 bridgehead atoms. The Hall–Kier alpha value is -0.570. The van der Waals surface area contributed by atoms with Crippen LogP contribution in [0.3, 0.4) is 0 Å². The normalized spacial score (nSPS) is 42.4. The van der Waals surface area contributed by atoms with E-state index >= 15 is 0 Å². The van der Waals surface area contributed by atoms with Crippen molar-refractivity contribution in [2.24, 2.45) is 29.4 Å². The second-order valence-corrected chi connectivity index (χ2v) is 6.88. The van der Waals surface area contributed by atoms with Gasteiger partial charge in [-0.2, -0.15) is 0 Å². The molecule has 3 aliphatic carbocycles. The van der Waals surface area contributed by atoms with Crippen LogP contribution in [-0.2, 0) is 4.79 Å². The molecule has 0 radical (unpaired) electrons. The maximum absolute atomic E-state index is 12.0. The Kier molecular flexibility index (Phi) is 3.60. The lowest BCUT2D eigenvalue weighted by molar-refractivity contribution is -0.122. The first kappa shape index (κ1) is 12.5. The van der Waals surface area contributed by atoms with Crippen molar-refractivity contribution in [2.75, 3.05) is 6.54 Å². The average molecular weight is 250 g/mol. The van der Waals surface area contributed by atoms with Crippen molar-refractivity contribution in [1.29, 1.82) is 0 Å². The maximum atomic E-state index is 12.0. The quantitative estimate of drug-likeness (QED) is 0.802. The molecule has 0 aliphatic heterocycles. The van der Waals surface area contributed by atoms with Gasteiger partial charge in [-0.25, -0.2) is 0 Å². The number of rotatable bonds is 4. The topological polar surface area (TPSA) is 55.1 Å². The summed E-state index contributed by atoms with van der Waals surface area (Å²) in [6.07, 6.45) is 9.70. The lowest BCUT2D eigenvalue weighted by Gasteiger charge is -2.21. The summed E-state index contributed by atoms with van der Waals surface area (Å²) in [5.74, 6) is 3.41. The molecule has 5 unspecified atom stereocenters. The average Bonchev–Trinajstić information content (AvgIpc) is 3.03. The van der Waals surface area contributed by atoms with Gasteiger partial charge in [0, 0.05) is 19.0 Å². The van der Waals surface area contributed by atoms with E-state index in [1.165, 1.54) is 32.1 Å². The summed E-state index contributed by atoms with van der Waals surface area (Å²) >= 11 is 0. The fourth-order valence-electron chi connectivity index (χ4n) is 4.49. The molecule has 0 heterocycles. The molecule has 5 atom stereocenters. The van der Waals surface area contributed by atoms with Crippen LogP contribution in [0.1, 0.15) is 51.4 Å². The first-order valence-corrected chi connectivity index (χ1v) is 7.73. The predicted octanol–water partition coefficient (Wildman–Crippen LogP) is 2.06. The second kappa shape index (κ2) is 5.20. The van der Waals surface area contributed by atoms with Gasteiger partial charge in [-0.15, -0.1) is 0 Å². The molecule has 1 amide bonds. The molecular weight excluding hydrogens is 224 g/mol. The first-order valence-electron chi connectivity index (χ1n) is 7.73. The van der Waals surface area contributed by atoms with E-state index in [4.69, 9.17) is 5.73 Å². The second-order valence-electron chi connectivity index (χ2n) is 6.88. The molecule has 3 nitrogen and oxygen atoms in total. The van der Waals surface area contributed by atoms with Crippen LogP contribution in [0, 0.1) is 23.7 Å². The van der Waals surface area contributed by atoms with Crippen LogP contribution >= 0.6 is 0 Å². The van der Waals surface area contributed by atoms with E-state index in [1.807, 2.05) is 0 Å². The molecule has 3 N–H and O–H groups in total. The number of carbonyl (C=O) groups is 1. The van der Waals surface area contributed by atoms with Gasteiger partial charge in [0.25, 0.3) is 0 Å². The number of nitrogens with two attached hydrogens (primary N) is 1. The zero-order chi connectivity index (χ0) is 12.5. The van der Waals surface area contributed by atoms with E-state index in [2.05, 4.69) is 5.32 Å². The summed E-state index contributed by atoms with van der Waals surface area (Å²) in [6.45, 7) is 0.855. The summed E-state index contributed by atoms with van der Waals surface area (Å²) < 4.78 is 0. The summed E-state index contributed by atoms with van der Waals surface area (Å²) in [5.41, 5.74) is 5.89. The van der Waals surface area contributed by atoms with E-state index in [-0.39, 0.29) is 5.91 Å². The van der Waals surface area contributed by atoms with E-state index in [0.717, 1.165) is 37.6 Å². The van der Waals surface area contributed by atoms with Crippen LogP contribution in [0.25, 0.3) is 0 Å².